The molecule has 7 heteroatoms. The van der Waals surface area contributed by atoms with Gasteiger partial charge in [-0.15, -0.1) is 12.4 Å². The van der Waals surface area contributed by atoms with E-state index in [0.29, 0.717) is 18.5 Å². The van der Waals surface area contributed by atoms with Gasteiger partial charge >= 0.3 is 0 Å². The second-order valence-corrected chi connectivity index (χ2v) is 4.47. The molecule has 1 unspecified atom stereocenters. The van der Waals surface area contributed by atoms with E-state index in [4.69, 9.17) is 4.52 Å². The van der Waals surface area contributed by atoms with Crippen LogP contribution in [0.25, 0.3) is 0 Å². The molecular weight excluding hydrogens is 256 g/mol. The van der Waals surface area contributed by atoms with E-state index in [-0.39, 0.29) is 18.3 Å². The topological polar surface area (TPSA) is 70.4 Å². The average Bonchev–Trinajstić information content (AvgIpc) is 2.63. The maximum atomic E-state index is 11.7. The molecule has 1 saturated heterocycles. The van der Waals surface area contributed by atoms with Crippen molar-refractivity contribution in [1.82, 2.24) is 15.4 Å². The Morgan fingerprint density at radius 2 is 2.50 bits per heavy atom. The van der Waals surface area contributed by atoms with Gasteiger partial charge in [0.05, 0.1) is 12.2 Å². The molecule has 0 aliphatic carbocycles. The number of amides is 1. The van der Waals surface area contributed by atoms with Gasteiger partial charge in [0.25, 0.3) is 0 Å². The summed E-state index contributed by atoms with van der Waals surface area (Å²) in [4.78, 5) is 13.9. The fraction of sp³-hybridized carbons (Fsp3) is 0.636. The third-order valence-corrected chi connectivity index (χ3v) is 2.71. The summed E-state index contributed by atoms with van der Waals surface area (Å²) >= 11 is 0. The second kappa shape index (κ2) is 6.72. The first-order valence-corrected chi connectivity index (χ1v) is 5.82. The molecule has 1 amide bonds. The molecule has 0 aromatic carbocycles. The number of aryl methyl sites for hydroxylation is 1. The van der Waals surface area contributed by atoms with E-state index in [1.807, 2.05) is 6.92 Å². The normalized spacial score (nSPS) is 20.2. The van der Waals surface area contributed by atoms with E-state index in [1.165, 1.54) is 0 Å². The first-order valence-electron chi connectivity index (χ1n) is 5.82. The largest absolute Gasteiger partial charge is 0.338 e. The van der Waals surface area contributed by atoms with E-state index in [1.54, 1.807) is 6.07 Å². The molecule has 1 aromatic rings. The van der Waals surface area contributed by atoms with Crippen LogP contribution in [-0.2, 0) is 4.79 Å². The summed E-state index contributed by atoms with van der Waals surface area (Å²) in [5, 5.41) is 9.75. The molecule has 102 valence electrons. The minimum Gasteiger partial charge on any atom is -0.338 e. The zero-order valence-electron chi connectivity index (χ0n) is 10.6. The Bertz CT molecular complexity index is 396. The number of anilines is 1. The standard InChI is InChI=1S/C11H18N4O2.ClH/c1-8-5-11(17-14-8)13-10(16)7-15-4-3-12-9(2)6-15;/h5,9,12H,3-4,6-7H2,1-2H3,(H,13,16);1H. The minimum absolute atomic E-state index is 0. The zero-order valence-corrected chi connectivity index (χ0v) is 11.4. The summed E-state index contributed by atoms with van der Waals surface area (Å²) in [7, 11) is 0. The summed E-state index contributed by atoms with van der Waals surface area (Å²) in [5.74, 6) is 0.353. The van der Waals surface area contributed by atoms with Crippen LogP contribution in [0.5, 0.6) is 0 Å². The molecule has 0 radical (unpaired) electrons. The highest BCUT2D eigenvalue weighted by molar-refractivity contribution is 5.90. The number of aromatic nitrogens is 1. The van der Waals surface area contributed by atoms with E-state index < -0.39 is 0 Å². The van der Waals surface area contributed by atoms with Crippen molar-refractivity contribution in [2.75, 3.05) is 31.5 Å². The zero-order chi connectivity index (χ0) is 12.3. The fourth-order valence-corrected chi connectivity index (χ4v) is 1.96. The van der Waals surface area contributed by atoms with Gasteiger partial charge in [-0.2, -0.15) is 0 Å². The second-order valence-electron chi connectivity index (χ2n) is 4.47. The Morgan fingerprint density at radius 1 is 1.72 bits per heavy atom. The Hall–Kier alpha value is -1.11. The van der Waals surface area contributed by atoms with Crippen molar-refractivity contribution in [1.29, 1.82) is 0 Å². The van der Waals surface area contributed by atoms with Gasteiger partial charge in [-0.05, 0) is 13.8 Å². The summed E-state index contributed by atoms with van der Waals surface area (Å²) < 4.78 is 4.93. The number of rotatable bonds is 3. The highest BCUT2D eigenvalue weighted by Gasteiger charge is 2.18. The summed E-state index contributed by atoms with van der Waals surface area (Å²) in [6.07, 6.45) is 0. The predicted octanol–water partition coefficient (Wildman–Crippen LogP) is 0.637. The minimum atomic E-state index is -0.0600. The van der Waals surface area contributed by atoms with Crippen molar-refractivity contribution in [3.05, 3.63) is 11.8 Å². The molecule has 1 fully saturated rings. The van der Waals surface area contributed by atoms with E-state index in [0.717, 1.165) is 25.3 Å². The number of nitrogens with zero attached hydrogens (tertiary/aromatic N) is 2. The van der Waals surface area contributed by atoms with Crippen molar-refractivity contribution in [2.24, 2.45) is 0 Å². The molecule has 18 heavy (non-hydrogen) atoms. The van der Waals surface area contributed by atoms with Crippen LogP contribution in [0, 0.1) is 6.92 Å². The molecule has 2 rings (SSSR count). The molecule has 1 aromatic heterocycles. The Balaban J connectivity index is 0.00000162. The monoisotopic (exact) mass is 274 g/mol. The lowest BCUT2D eigenvalue weighted by molar-refractivity contribution is -0.117. The number of piperazine rings is 1. The van der Waals surface area contributed by atoms with Gasteiger partial charge in [0, 0.05) is 31.7 Å². The van der Waals surface area contributed by atoms with Gasteiger partial charge in [-0.25, -0.2) is 0 Å². The fourth-order valence-electron chi connectivity index (χ4n) is 1.96. The lowest BCUT2D eigenvalue weighted by Gasteiger charge is -2.30. The number of hydrogen-bond donors (Lipinski definition) is 2. The van der Waals surface area contributed by atoms with Gasteiger partial charge in [-0.1, -0.05) is 5.16 Å². The molecule has 1 aliphatic heterocycles. The average molecular weight is 275 g/mol. The molecule has 6 nitrogen and oxygen atoms in total. The quantitative estimate of drug-likeness (QED) is 0.846. The molecule has 2 N–H and O–H groups in total. The maximum Gasteiger partial charge on any atom is 0.240 e. The van der Waals surface area contributed by atoms with Crippen molar-refractivity contribution in [3.8, 4) is 0 Å². The van der Waals surface area contributed by atoms with Crippen LogP contribution in [0.2, 0.25) is 0 Å². The van der Waals surface area contributed by atoms with Crippen LogP contribution < -0.4 is 10.6 Å². The number of nitrogens with one attached hydrogen (secondary N) is 2. The van der Waals surface area contributed by atoms with Gasteiger partial charge in [-0.3, -0.25) is 15.0 Å². The van der Waals surface area contributed by atoms with Gasteiger partial charge in [0.2, 0.25) is 11.8 Å². The van der Waals surface area contributed by atoms with Crippen molar-refractivity contribution in [2.45, 2.75) is 19.9 Å². The molecule has 0 saturated carbocycles. The summed E-state index contributed by atoms with van der Waals surface area (Å²) in [5.41, 5.74) is 0.760. The maximum absolute atomic E-state index is 11.7. The van der Waals surface area contributed by atoms with Gasteiger partial charge < -0.3 is 9.84 Å². The van der Waals surface area contributed by atoms with Crippen molar-refractivity contribution >= 4 is 24.2 Å². The first-order chi connectivity index (χ1) is 8.13. The summed E-state index contributed by atoms with van der Waals surface area (Å²) in [6, 6.07) is 2.14. The van der Waals surface area contributed by atoms with E-state index in [2.05, 4.69) is 27.6 Å². The summed E-state index contributed by atoms with van der Waals surface area (Å²) in [6.45, 7) is 7.04. The Kier molecular flexibility index (Phi) is 5.58. The number of halogens is 1. The molecule has 0 bridgehead atoms. The lowest BCUT2D eigenvalue weighted by atomic mass is 10.2. The smallest absolute Gasteiger partial charge is 0.240 e. The van der Waals surface area contributed by atoms with Crippen molar-refractivity contribution < 1.29 is 9.32 Å². The van der Waals surface area contributed by atoms with Crippen LogP contribution in [0.1, 0.15) is 12.6 Å². The predicted molar refractivity (Wildman–Crippen MR) is 71.0 cm³/mol. The van der Waals surface area contributed by atoms with Crippen LogP contribution in [0.15, 0.2) is 10.6 Å². The van der Waals surface area contributed by atoms with Crippen LogP contribution >= 0.6 is 12.4 Å². The highest BCUT2D eigenvalue weighted by atomic mass is 35.5. The molecule has 2 heterocycles. The number of carbonyl (C=O) groups excluding carboxylic acids is 1. The van der Waals surface area contributed by atoms with Crippen molar-refractivity contribution in [3.63, 3.8) is 0 Å². The third-order valence-electron chi connectivity index (χ3n) is 2.71. The SMILES string of the molecule is Cc1cc(NC(=O)CN2CCNC(C)C2)on1.Cl. The molecule has 1 aliphatic rings. The lowest BCUT2D eigenvalue weighted by Crippen LogP contribution is -2.51. The van der Waals surface area contributed by atoms with Crippen LogP contribution in [-0.4, -0.2) is 48.2 Å². The highest BCUT2D eigenvalue weighted by Crippen LogP contribution is 2.08. The Morgan fingerprint density at radius 3 is 3.11 bits per heavy atom. The van der Waals surface area contributed by atoms with Gasteiger partial charge in [0.15, 0.2) is 0 Å². The van der Waals surface area contributed by atoms with Gasteiger partial charge in [0.1, 0.15) is 0 Å². The third kappa shape index (κ3) is 4.29. The molecule has 1 atom stereocenters. The van der Waals surface area contributed by atoms with Crippen LogP contribution in [0.4, 0.5) is 5.88 Å². The van der Waals surface area contributed by atoms with E-state index in [9.17, 15) is 4.79 Å². The number of carbonyl (C=O) groups is 1. The number of hydrogen-bond acceptors (Lipinski definition) is 5. The molecular formula is C11H19ClN4O2. The Labute approximate surface area is 112 Å². The molecule has 0 spiro atoms. The first kappa shape index (κ1) is 14.9. The van der Waals surface area contributed by atoms with Crippen LogP contribution in [0.3, 0.4) is 0 Å². The van der Waals surface area contributed by atoms with E-state index >= 15 is 0 Å².